The highest BCUT2D eigenvalue weighted by molar-refractivity contribution is 6.17. The van der Waals surface area contributed by atoms with Gasteiger partial charge in [0.15, 0.2) is 0 Å². The molecule has 0 atom stereocenters. The van der Waals surface area contributed by atoms with Crippen molar-refractivity contribution >= 4 is 17.8 Å². The molecule has 0 aliphatic carbocycles. The first-order valence-corrected chi connectivity index (χ1v) is 9.75. The summed E-state index contributed by atoms with van der Waals surface area (Å²) in [7, 11) is 2.85. The molecule has 1 aliphatic heterocycles. The van der Waals surface area contributed by atoms with Gasteiger partial charge in [-0.15, -0.1) is 0 Å². The van der Waals surface area contributed by atoms with Crippen LogP contribution in [0, 0.1) is 5.92 Å². The summed E-state index contributed by atoms with van der Waals surface area (Å²) in [5.74, 6) is -2.16. The average molecular weight is 398 g/mol. The Labute approximate surface area is 175 Å². The topological polar surface area (TPSA) is 57.7 Å². The van der Waals surface area contributed by atoms with Crippen LogP contribution in [0.2, 0.25) is 0 Å². The molecule has 5 heteroatoms. The SMILES string of the molecule is CN1C(=O)C(C(c2ccccc2)(c2ccccc2)c2ccccc2)C(=O)N(C)C1=O. The minimum atomic E-state index is -1.13. The van der Waals surface area contributed by atoms with E-state index in [1.54, 1.807) is 0 Å². The van der Waals surface area contributed by atoms with Crippen molar-refractivity contribution in [3.63, 3.8) is 0 Å². The van der Waals surface area contributed by atoms with Gasteiger partial charge in [0.2, 0.25) is 11.8 Å². The number of carbonyl (C=O) groups is 3. The smallest absolute Gasteiger partial charge is 0.273 e. The molecule has 1 saturated heterocycles. The molecular formula is C25H22N2O3. The summed E-state index contributed by atoms with van der Waals surface area (Å²) in [5.41, 5.74) is 1.34. The Hall–Kier alpha value is -3.73. The van der Waals surface area contributed by atoms with Crippen LogP contribution in [0.3, 0.4) is 0 Å². The van der Waals surface area contributed by atoms with Crippen molar-refractivity contribution in [2.45, 2.75) is 5.41 Å². The molecule has 30 heavy (non-hydrogen) atoms. The third-order valence-electron chi connectivity index (χ3n) is 5.85. The predicted octanol–water partition coefficient (Wildman–Crippen LogP) is 3.69. The van der Waals surface area contributed by atoms with Crippen LogP contribution < -0.4 is 0 Å². The first-order chi connectivity index (χ1) is 14.5. The van der Waals surface area contributed by atoms with E-state index in [1.807, 2.05) is 91.0 Å². The van der Waals surface area contributed by atoms with Crippen LogP contribution in [0.25, 0.3) is 0 Å². The number of hydrogen-bond donors (Lipinski definition) is 0. The van der Waals surface area contributed by atoms with E-state index in [-0.39, 0.29) is 0 Å². The lowest BCUT2D eigenvalue weighted by molar-refractivity contribution is -0.149. The minimum absolute atomic E-state index is 0.514. The molecule has 0 saturated carbocycles. The fourth-order valence-corrected chi connectivity index (χ4v) is 4.38. The Morgan fingerprint density at radius 1 is 0.567 bits per heavy atom. The highest BCUT2D eigenvalue weighted by Crippen LogP contribution is 2.47. The van der Waals surface area contributed by atoms with Crippen LogP contribution in [0.4, 0.5) is 4.79 Å². The van der Waals surface area contributed by atoms with Gasteiger partial charge in [-0.25, -0.2) is 4.79 Å². The predicted molar refractivity (Wildman–Crippen MR) is 114 cm³/mol. The van der Waals surface area contributed by atoms with Crippen molar-refractivity contribution in [1.29, 1.82) is 0 Å². The molecular weight excluding hydrogens is 376 g/mol. The fraction of sp³-hybridized carbons (Fsp3) is 0.160. The Balaban J connectivity index is 2.12. The fourth-order valence-electron chi connectivity index (χ4n) is 4.38. The summed E-state index contributed by atoms with van der Waals surface area (Å²) in [6.07, 6.45) is 0. The van der Waals surface area contributed by atoms with Crippen molar-refractivity contribution in [2.75, 3.05) is 14.1 Å². The molecule has 0 N–H and O–H groups in total. The number of amides is 4. The van der Waals surface area contributed by atoms with Gasteiger partial charge in [0, 0.05) is 14.1 Å². The zero-order valence-electron chi connectivity index (χ0n) is 16.9. The monoisotopic (exact) mass is 398 g/mol. The van der Waals surface area contributed by atoms with E-state index >= 15 is 0 Å². The maximum atomic E-state index is 13.5. The van der Waals surface area contributed by atoms with Crippen molar-refractivity contribution in [3.8, 4) is 0 Å². The number of barbiturate groups is 1. The molecule has 0 radical (unpaired) electrons. The van der Waals surface area contributed by atoms with Crippen LogP contribution in [0.15, 0.2) is 91.0 Å². The van der Waals surface area contributed by atoms with Gasteiger partial charge in [-0.05, 0) is 16.7 Å². The van der Waals surface area contributed by atoms with E-state index in [0.717, 1.165) is 26.5 Å². The van der Waals surface area contributed by atoms with Crippen LogP contribution in [-0.4, -0.2) is 41.7 Å². The zero-order chi connectivity index (χ0) is 21.3. The molecule has 0 bridgehead atoms. The van der Waals surface area contributed by atoms with E-state index < -0.39 is 29.2 Å². The number of nitrogens with zero attached hydrogens (tertiary/aromatic N) is 2. The Morgan fingerprint density at radius 2 is 0.867 bits per heavy atom. The maximum Gasteiger partial charge on any atom is 0.332 e. The van der Waals surface area contributed by atoms with Crippen molar-refractivity contribution in [2.24, 2.45) is 5.92 Å². The molecule has 1 aliphatic rings. The first-order valence-electron chi connectivity index (χ1n) is 9.75. The lowest BCUT2D eigenvalue weighted by Gasteiger charge is -2.45. The highest BCUT2D eigenvalue weighted by Gasteiger charge is 2.56. The molecule has 0 unspecified atom stereocenters. The largest absolute Gasteiger partial charge is 0.332 e. The number of carbonyl (C=O) groups excluding carboxylic acids is 3. The third-order valence-corrected chi connectivity index (χ3v) is 5.85. The van der Waals surface area contributed by atoms with E-state index in [1.165, 1.54) is 14.1 Å². The molecule has 5 nitrogen and oxygen atoms in total. The normalized spacial score (nSPS) is 15.6. The summed E-state index contributed by atoms with van der Waals surface area (Å²) in [4.78, 5) is 41.5. The average Bonchev–Trinajstić information content (AvgIpc) is 2.81. The molecule has 0 spiro atoms. The third kappa shape index (κ3) is 2.82. The number of rotatable bonds is 4. The summed E-state index contributed by atoms with van der Waals surface area (Å²) in [6.45, 7) is 0. The Kier molecular flexibility index (Phi) is 4.96. The Bertz CT molecular complexity index is 960. The summed E-state index contributed by atoms with van der Waals surface area (Å²) < 4.78 is 0. The van der Waals surface area contributed by atoms with Gasteiger partial charge in [-0.1, -0.05) is 91.0 Å². The maximum absolute atomic E-state index is 13.5. The second kappa shape index (κ2) is 7.59. The van der Waals surface area contributed by atoms with Crippen molar-refractivity contribution in [3.05, 3.63) is 108 Å². The quantitative estimate of drug-likeness (QED) is 0.498. The second-order valence-corrected chi connectivity index (χ2v) is 7.42. The lowest BCUT2D eigenvalue weighted by Crippen LogP contribution is -2.62. The van der Waals surface area contributed by atoms with Gasteiger partial charge < -0.3 is 0 Å². The molecule has 150 valence electrons. The van der Waals surface area contributed by atoms with Crippen molar-refractivity contribution < 1.29 is 14.4 Å². The standard InChI is InChI=1S/C25H22N2O3/c1-26-22(28)21(23(29)27(2)24(26)30)25(18-12-6-3-7-13-18,19-14-8-4-9-15-19)20-16-10-5-11-17-20/h3-17,21H,1-2H3. The molecule has 4 amide bonds. The molecule has 1 heterocycles. The van der Waals surface area contributed by atoms with Gasteiger partial charge in [0.25, 0.3) is 0 Å². The molecule has 3 aromatic carbocycles. The molecule has 0 aromatic heterocycles. The van der Waals surface area contributed by atoms with Gasteiger partial charge >= 0.3 is 6.03 Å². The highest BCUT2D eigenvalue weighted by atomic mass is 16.2. The number of imide groups is 2. The lowest BCUT2D eigenvalue weighted by atomic mass is 9.60. The van der Waals surface area contributed by atoms with E-state index in [2.05, 4.69) is 0 Å². The van der Waals surface area contributed by atoms with Crippen molar-refractivity contribution in [1.82, 2.24) is 9.80 Å². The summed E-state index contributed by atoms with van der Waals surface area (Å²) in [6, 6.07) is 28.0. The Morgan fingerprint density at radius 3 is 1.17 bits per heavy atom. The van der Waals surface area contributed by atoms with Crippen LogP contribution >= 0.6 is 0 Å². The number of urea groups is 1. The van der Waals surface area contributed by atoms with Gasteiger partial charge in [0.1, 0.15) is 5.92 Å². The zero-order valence-corrected chi connectivity index (χ0v) is 16.9. The second-order valence-electron chi connectivity index (χ2n) is 7.42. The summed E-state index contributed by atoms with van der Waals surface area (Å²) in [5, 5.41) is 0. The molecule has 4 rings (SSSR count). The molecule has 1 fully saturated rings. The first kappa shape index (κ1) is 19.6. The number of hydrogen-bond acceptors (Lipinski definition) is 3. The van der Waals surface area contributed by atoms with Gasteiger partial charge in [0.05, 0.1) is 5.41 Å². The molecule has 3 aromatic rings. The van der Waals surface area contributed by atoms with E-state index in [0.29, 0.717) is 0 Å². The van der Waals surface area contributed by atoms with Gasteiger partial charge in [-0.3, -0.25) is 19.4 Å². The van der Waals surface area contributed by atoms with E-state index in [9.17, 15) is 14.4 Å². The van der Waals surface area contributed by atoms with Crippen LogP contribution in [-0.2, 0) is 15.0 Å². The van der Waals surface area contributed by atoms with Crippen LogP contribution in [0.5, 0.6) is 0 Å². The van der Waals surface area contributed by atoms with Gasteiger partial charge in [-0.2, -0.15) is 0 Å². The number of benzene rings is 3. The summed E-state index contributed by atoms with van der Waals surface area (Å²) >= 11 is 0. The van der Waals surface area contributed by atoms with E-state index in [4.69, 9.17) is 0 Å². The van der Waals surface area contributed by atoms with Crippen LogP contribution in [0.1, 0.15) is 16.7 Å². The minimum Gasteiger partial charge on any atom is -0.273 e.